The third-order valence-electron chi connectivity index (χ3n) is 3.22. The summed E-state index contributed by atoms with van der Waals surface area (Å²) in [5.74, 6) is -0.0607. The van der Waals surface area contributed by atoms with Gasteiger partial charge in [0.15, 0.2) is 0 Å². The molecule has 19 heavy (non-hydrogen) atoms. The molecule has 1 atom stereocenters. The zero-order chi connectivity index (χ0) is 13.8. The molecule has 1 fully saturated rings. The third kappa shape index (κ3) is 3.35. The van der Waals surface area contributed by atoms with Crippen LogP contribution in [0.25, 0.3) is 0 Å². The van der Waals surface area contributed by atoms with Crippen LogP contribution in [0.5, 0.6) is 0 Å². The summed E-state index contributed by atoms with van der Waals surface area (Å²) in [6.45, 7) is 2.60. The number of hydrogen-bond acceptors (Lipinski definition) is 2. The topological polar surface area (TPSA) is 49.4 Å². The number of carbonyl (C=O) groups excluding carboxylic acids is 2. The molecule has 0 bridgehead atoms. The van der Waals surface area contributed by atoms with Gasteiger partial charge in [-0.15, -0.1) is 0 Å². The SMILES string of the molecule is CCCC1C(=O)NCC(=O)N1Cc1cccc(Br)c1. The number of rotatable bonds is 4. The van der Waals surface area contributed by atoms with Crippen molar-refractivity contribution < 1.29 is 9.59 Å². The van der Waals surface area contributed by atoms with E-state index in [2.05, 4.69) is 21.2 Å². The summed E-state index contributed by atoms with van der Waals surface area (Å²) in [5.41, 5.74) is 1.03. The Hall–Kier alpha value is -1.36. The number of nitrogens with one attached hydrogen (secondary N) is 1. The van der Waals surface area contributed by atoms with E-state index in [9.17, 15) is 9.59 Å². The Morgan fingerprint density at radius 3 is 2.89 bits per heavy atom. The van der Waals surface area contributed by atoms with Gasteiger partial charge in [-0.2, -0.15) is 0 Å². The van der Waals surface area contributed by atoms with Crippen LogP contribution in [0.4, 0.5) is 0 Å². The Morgan fingerprint density at radius 1 is 1.42 bits per heavy atom. The second kappa shape index (κ2) is 6.19. The van der Waals surface area contributed by atoms with Crippen LogP contribution in [0.15, 0.2) is 28.7 Å². The lowest BCUT2D eigenvalue weighted by atomic mass is 10.1. The minimum atomic E-state index is -0.342. The molecule has 0 spiro atoms. The van der Waals surface area contributed by atoms with Crippen LogP contribution in [0.3, 0.4) is 0 Å². The van der Waals surface area contributed by atoms with E-state index in [1.54, 1.807) is 4.90 Å². The second-order valence-corrected chi connectivity index (χ2v) is 5.59. The molecule has 1 aliphatic heterocycles. The van der Waals surface area contributed by atoms with Crippen molar-refractivity contribution >= 4 is 27.7 Å². The van der Waals surface area contributed by atoms with Crippen molar-refractivity contribution in [1.82, 2.24) is 10.2 Å². The standard InChI is InChI=1S/C14H17BrN2O2/c1-2-4-12-14(19)16-8-13(18)17(12)9-10-5-3-6-11(15)7-10/h3,5-7,12H,2,4,8-9H2,1H3,(H,16,19). The molecule has 0 saturated carbocycles. The lowest BCUT2D eigenvalue weighted by Crippen LogP contribution is -2.57. The van der Waals surface area contributed by atoms with E-state index in [1.807, 2.05) is 31.2 Å². The molecule has 1 unspecified atom stereocenters. The van der Waals surface area contributed by atoms with Crippen molar-refractivity contribution in [2.24, 2.45) is 0 Å². The summed E-state index contributed by atoms with van der Waals surface area (Å²) >= 11 is 3.42. The lowest BCUT2D eigenvalue weighted by Gasteiger charge is -2.35. The van der Waals surface area contributed by atoms with E-state index in [0.29, 0.717) is 13.0 Å². The van der Waals surface area contributed by atoms with Crippen molar-refractivity contribution in [2.75, 3.05) is 6.54 Å². The summed E-state index contributed by atoms with van der Waals surface area (Å²) in [4.78, 5) is 25.6. The van der Waals surface area contributed by atoms with Gasteiger partial charge in [-0.05, 0) is 24.1 Å². The highest BCUT2D eigenvalue weighted by molar-refractivity contribution is 9.10. The lowest BCUT2D eigenvalue weighted by molar-refractivity contribution is -0.146. The molecule has 1 aromatic rings. The quantitative estimate of drug-likeness (QED) is 0.921. The first-order valence-corrected chi connectivity index (χ1v) is 7.22. The fourth-order valence-corrected chi connectivity index (χ4v) is 2.73. The summed E-state index contributed by atoms with van der Waals surface area (Å²) in [6.07, 6.45) is 1.58. The Labute approximate surface area is 121 Å². The van der Waals surface area contributed by atoms with E-state index in [4.69, 9.17) is 0 Å². The van der Waals surface area contributed by atoms with Crippen LogP contribution >= 0.6 is 15.9 Å². The highest BCUT2D eigenvalue weighted by Crippen LogP contribution is 2.18. The molecule has 4 nitrogen and oxygen atoms in total. The minimum Gasteiger partial charge on any atom is -0.345 e. The monoisotopic (exact) mass is 324 g/mol. The summed E-state index contributed by atoms with van der Waals surface area (Å²) in [7, 11) is 0. The van der Waals surface area contributed by atoms with Crippen LogP contribution in [-0.4, -0.2) is 29.3 Å². The van der Waals surface area contributed by atoms with E-state index >= 15 is 0 Å². The number of carbonyl (C=O) groups is 2. The second-order valence-electron chi connectivity index (χ2n) is 4.67. The first kappa shape index (κ1) is 14.1. The molecular formula is C14H17BrN2O2. The molecule has 2 rings (SSSR count). The normalized spacial score (nSPS) is 19.5. The van der Waals surface area contributed by atoms with Crippen LogP contribution in [-0.2, 0) is 16.1 Å². The largest absolute Gasteiger partial charge is 0.345 e. The molecule has 1 aromatic carbocycles. The van der Waals surface area contributed by atoms with Crippen molar-refractivity contribution in [1.29, 1.82) is 0 Å². The van der Waals surface area contributed by atoms with Gasteiger partial charge in [0.2, 0.25) is 11.8 Å². The molecular weight excluding hydrogens is 308 g/mol. The Kier molecular flexibility index (Phi) is 4.58. The van der Waals surface area contributed by atoms with Gasteiger partial charge in [-0.3, -0.25) is 9.59 Å². The molecule has 1 N–H and O–H groups in total. The van der Waals surface area contributed by atoms with Crippen molar-refractivity contribution in [2.45, 2.75) is 32.4 Å². The highest BCUT2D eigenvalue weighted by atomic mass is 79.9. The van der Waals surface area contributed by atoms with Crippen molar-refractivity contribution in [3.05, 3.63) is 34.3 Å². The highest BCUT2D eigenvalue weighted by Gasteiger charge is 2.33. The molecule has 0 radical (unpaired) electrons. The van der Waals surface area contributed by atoms with E-state index < -0.39 is 0 Å². The fraction of sp³-hybridized carbons (Fsp3) is 0.429. The number of benzene rings is 1. The molecule has 1 heterocycles. The van der Waals surface area contributed by atoms with Gasteiger partial charge in [0.05, 0.1) is 6.54 Å². The number of hydrogen-bond donors (Lipinski definition) is 1. The minimum absolute atomic E-state index is 0.0157. The van der Waals surface area contributed by atoms with Gasteiger partial charge < -0.3 is 10.2 Å². The first-order chi connectivity index (χ1) is 9.11. The van der Waals surface area contributed by atoms with Crippen molar-refractivity contribution in [3.63, 3.8) is 0 Å². The number of halogens is 1. The zero-order valence-corrected chi connectivity index (χ0v) is 12.4. The number of piperazine rings is 1. The predicted octanol–water partition coefficient (Wildman–Crippen LogP) is 2.08. The van der Waals surface area contributed by atoms with Gasteiger partial charge in [0.25, 0.3) is 0 Å². The van der Waals surface area contributed by atoms with Gasteiger partial charge in [0.1, 0.15) is 6.04 Å². The molecule has 5 heteroatoms. The maximum absolute atomic E-state index is 12.0. The third-order valence-corrected chi connectivity index (χ3v) is 3.71. The van der Waals surface area contributed by atoms with Gasteiger partial charge in [-0.25, -0.2) is 0 Å². The van der Waals surface area contributed by atoms with Gasteiger partial charge >= 0.3 is 0 Å². The molecule has 0 aliphatic carbocycles. The van der Waals surface area contributed by atoms with E-state index in [1.165, 1.54) is 0 Å². The Morgan fingerprint density at radius 2 is 2.21 bits per heavy atom. The number of amides is 2. The zero-order valence-electron chi connectivity index (χ0n) is 10.9. The average molecular weight is 325 g/mol. The van der Waals surface area contributed by atoms with E-state index in [-0.39, 0.29) is 24.4 Å². The maximum atomic E-state index is 12.0. The summed E-state index contributed by atoms with van der Waals surface area (Å²) < 4.78 is 0.978. The van der Waals surface area contributed by atoms with Gasteiger partial charge in [-0.1, -0.05) is 41.4 Å². The molecule has 0 aromatic heterocycles. The average Bonchev–Trinajstić information content (AvgIpc) is 2.38. The predicted molar refractivity (Wildman–Crippen MR) is 76.4 cm³/mol. The Balaban J connectivity index is 2.18. The fourth-order valence-electron chi connectivity index (χ4n) is 2.29. The maximum Gasteiger partial charge on any atom is 0.243 e. The smallest absolute Gasteiger partial charge is 0.243 e. The molecule has 102 valence electrons. The summed E-state index contributed by atoms with van der Waals surface area (Å²) in [5, 5.41) is 2.65. The van der Waals surface area contributed by atoms with Crippen LogP contribution in [0, 0.1) is 0 Å². The Bertz CT molecular complexity index is 490. The van der Waals surface area contributed by atoms with Crippen LogP contribution in [0.2, 0.25) is 0 Å². The molecule has 2 amide bonds. The molecule has 1 aliphatic rings. The van der Waals surface area contributed by atoms with Crippen molar-refractivity contribution in [3.8, 4) is 0 Å². The van der Waals surface area contributed by atoms with E-state index in [0.717, 1.165) is 16.5 Å². The first-order valence-electron chi connectivity index (χ1n) is 6.43. The van der Waals surface area contributed by atoms with Crippen LogP contribution < -0.4 is 5.32 Å². The van der Waals surface area contributed by atoms with Crippen LogP contribution in [0.1, 0.15) is 25.3 Å². The molecule has 1 saturated heterocycles. The van der Waals surface area contributed by atoms with Gasteiger partial charge in [0, 0.05) is 11.0 Å². The number of nitrogens with zero attached hydrogens (tertiary/aromatic N) is 1. The summed E-state index contributed by atoms with van der Waals surface area (Å²) in [6, 6.07) is 7.47.